The highest BCUT2D eigenvalue weighted by Crippen LogP contribution is 2.61. The first-order valence-electron chi connectivity index (χ1n) is 13.3. The lowest BCUT2D eigenvalue weighted by molar-refractivity contribution is -0.271. The fourth-order valence-corrected chi connectivity index (χ4v) is 9.25. The van der Waals surface area contributed by atoms with Crippen LogP contribution in [0.1, 0.15) is 97.8 Å². The molecule has 8 aliphatic rings. The molecule has 8 aliphatic carbocycles. The Morgan fingerprint density at radius 3 is 1.97 bits per heavy atom. The summed E-state index contributed by atoms with van der Waals surface area (Å²) in [5, 5.41) is 0. The molecule has 0 heterocycles. The second-order valence-corrected chi connectivity index (χ2v) is 13.3. The van der Waals surface area contributed by atoms with Crippen molar-refractivity contribution in [2.24, 2.45) is 40.9 Å². The maximum absolute atomic E-state index is 13.0. The topological polar surface area (TPSA) is 44.8 Å². The summed E-state index contributed by atoms with van der Waals surface area (Å²) in [6, 6.07) is 0. The van der Waals surface area contributed by atoms with Crippen LogP contribution in [0.4, 0.5) is 0 Å². The van der Waals surface area contributed by atoms with Crippen LogP contribution in [0.2, 0.25) is 0 Å². The monoisotopic (exact) mass is 430 g/mol. The summed E-state index contributed by atoms with van der Waals surface area (Å²) < 4.78 is 19.5. The zero-order valence-electron chi connectivity index (χ0n) is 19.9. The van der Waals surface area contributed by atoms with Gasteiger partial charge in [-0.15, -0.1) is 0 Å². The third-order valence-corrected chi connectivity index (χ3v) is 10.5. The molecule has 4 nitrogen and oxygen atoms in total. The number of hydrogen-bond donors (Lipinski definition) is 0. The Labute approximate surface area is 188 Å². The van der Waals surface area contributed by atoms with Gasteiger partial charge in [-0.05, 0) is 120 Å². The maximum Gasteiger partial charge on any atom is 0.312 e. The van der Waals surface area contributed by atoms with E-state index in [9.17, 15) is 4.79 Å². The number of rotatable bonds is 7. The van der Waals surface area contributed by atoms with Crippen LogP contribution < -0.4 is 0 Å². The van der Waals surface area contributed by atoms with Crippen molar-refractivity contribution >= 4 is 5.97 Å². The van der Waals surface area contributed by atoms with Crippen molar-refractivity contribution in [2.75, 3.05) is 6.79 Å². The van der Waals surface area contributed by atoms with Gasteiger partial charge in [0, 0.05) is 6.42 Å². The third kappa shape index (κ3) is 3.59. The lowest BCUT2D eigenvalue weighted by Crippen LogP contribution is -2.62. The average molecular weight is 431 g/mol. The Morgan fingerprint density at radius 2 is 1.39 bits per heavy atom. The summed E-state index contributed by atoms with van der Waals surface area (Å²) in [4.78, 5) is 13.0. The van der Waals surface area contributed by atoms with Crippen LogP contribution in [0.3, 0.4) is 0 Å². The van der Waals surface area contributed by atoms with Crippen molar-refractivity contribution in [3.05, 3.63) is 0 Å². The predicted octanol–water partition coefficient (Wildman–Crippen LogP) is 5.87. The lowest BCUT2D eigenvalue weighted by atomic mass is 9.52. The predicted molar refractivity (Wildman–Crippen MR) is 118 cm³/mol. The Balaban J connectivity index is 1.11. The molecule has 0 amide bonds. The molecule has 2 atom stereocenters. The van der Waals surface area contributed by atoms with E-state index in [-0.39, 0.29) is 17.2 Å². The molecule has 0 spiro atoms. The summed E-state index contributed by atoms with van der Waals surface area (Å²) >= 11 is 0. The molecule has 0 aromatic rings. The zero-order valence-corrected chi connectivity index (χ0v) is 19.9. The minimum absolute atomic E-state index is 0.0167. The Hall–Kier alpha value is -0.610. The van der Waals surface area contributed by atoms with Crippen LogP contribution in [-0.2, 0) is 19.0 Å². The quantitative estimate of drug-likeness (QED) is 0.374. The van der Waals surface area contributed by atoms with Gasteiger partial charge < -0.3 is 14.2 Å². The number of esters is 1. The first kappa shape index (κ1) is 21.0. The van der Waals surface area contributed by atoms with Gasteiger partial charge >= 0.3 is 5.97 Å². The molecule has 0 aromatic heterocycles. The lowest BCUT2D eigenvalue weighted by Gasteiger charge is -2.61. The molecule has 8 fully saturated rings. The van der Waals surface area contributed by atoms with Gasteiger partial charge in [-0.25, -0.2) is 0 Å². The van der Waals surface area contributed by atoms with Crippen molar-refractivity contribution in [3.8, 4) is 0 Å². The SMILES string of the molecule is CCC(C)(C)C(=O)OC12CC3CC(CC(OCOC4C5CC6CC(C5)CC4C6)(C3)C1)C2. The average Bonchev–Trinajstić information content (AvgIpc) is 2.68. The fraction of sp³-hybridized carbons (Fsp3) is 0.963. The van der Waals surface area contributed by atoms with E-state index >= 15 is 0 Å². The van der Waals surface area contributed by atoms with Crippen molar-refractivity contribution < 1.29 is 19.0 Å². The largest absolute Gasteiger partial charge is 0.459 e. The van der Waals surface area contributed by atoms with E-state index < -0.39 is 5.41 Å². The van der Waals surface area contributed by atoms with Crippen LogP contribution >= 0.6 is 0 Å². The van der Waals surface area contributed by atoms with Gasteiger partial charge in [0.1, 0.15) is 12.4 Å². The summed E-state index contributed by atoms with van der Waals surface area (Å²) in [5.41, 5.74) is -0.831. The molecule has 0 radical (unpaired) electrons. The van der Waals surface area contributed by atoms with Crippen molar-refractivity contribution in [2.45, 2.75) is 115 Å². The molecular weight excluding hydrogens is 388 g/mol. The Kier molecular flexibility index (Phi) is 4.86. The van der Waals surface area contributed by atoms with Gasteiger partial charge in [-0.1, -0.05) is 6.92 Å². The second-order valence-electron chi connectivity index (χ2n) is 13.3. The Bertz CT molecular complexity index is 685. The highest BCUT2D eigenvalue weighted by molar-refractivity contribution is 5.76. The normalized spacial score (nSPS) is 49.6. The molecule has 0 aromatic carbocycles. The number of carbonyl (C=O) groups is 1. The van der Waals surface area contributed by atoms with Gasteiger partial charge in [0.05, 0.1) is 17.1 Å². The van der Waals surface area contributed by atoms with E-state index in [1.54, 1.807) is 0 Å². The molecule has 8 saturated carbocycles. The first-order chi connectivity index (χ1) is 14.8. The fourth-order valence-electron chi connectivity index (χ4n) is 9.25. The third-order valence-electron chi connectivity index (χ3n) is 10.5. The van der Waals surface area contributed by atoms with Gasteiger partial charge in [-0.3, -0.25) is 4.79 Å². The number of carbonyl (C=O) groups excluding carboxylic acids is 1. The zero-order chi connectivity index (χ0) is 21.4. The van der Waals surface area contributed by atoms with Crippen molar-refractivity contribution in [1.82, 2.24) is 0 Å². The summed E-state index contributed by atoms with van der Waals surface area (Å²) in [5.74, 6) is 4.78. The molecule has 8 rings (SSSR count). The second kappa shape index (κ2) is 7.19. The van der Waals surface area contributed by atoms with E-state index in [4.69, 9.17) is 14.2 Å². The van der Waals surface area contributed by atoms with Gasteiger partial charge in [0.2, 0.25) is 0 Å². The molecule has 0 saturated heterocycles. The Morgan fingerprint density at radius 1 is 0.839 bits per heavy atom. The van der Waals surface area contributed by atoms with Crippen LogP contribution in [0, 0.1) is 40.9 Å². The van der Waals surface area contributed by atoms with Gasteiger partial charge in [0.15, 0.2) is 0 Å². The molecule has 8 bridgehead atoms. The minimum atomic E-state index is -0.403. The van der Waals surface area contributed by atoms with E-state index in [1.165, 1.54) is 38.5 Å². The van der Waals surface area contributed by atoms with Crippen LogP contribution in [0.15, 0.2) is 0 Å². The summed E-state index contributed by atoms with van der Waals surface area (Å²) in [7, 11) is 0. The van der Waals surface area contributed by atoms with Crippen LogP contribution in [0.25, 0.3) is 0 Å². The molecular formula is C27H42O4. The number of hydrogen-bond acceptors (Lipinski definition) is 4. The van der Waals surface area contributed by atoms with Crippen molar-refractivity contribution in [1.29, 1.82) is 0 Å². The highest BCUT2D eigenvalue weighted by Gasteiger charge is 2.61. The smallest absolute Gasteiger partial charge is 0.312 e. The van der Waals surface area contributed by atoms with Gasteiger partial charge in [-0.2, -0.15) is 0 Å². The summed E-state index contributed by atoms with van der Waals surface area (Å²) in [6.07, 6.45) is 14.8. The number of ether oxygens (including phenoxy) is 3. The standard InChI is InChI=1S/C27H42O4/c1-4-25(2,3)24(28)31-27-13-19-6-20(14-27)12-26(11-19,15-27)30-16-29-23-21-7-17-5-18(9-21)10-22(23)8-17/h17-23H,4-16H2,1-3H3. The van der Waals surface area contributed by atoms with Crippen molar-refractivity contribution in [3.63, 3.8) is 0 Å². The van der Waals surface area contributed by atoms with E-state index in [0.717, 1.165) is 62.2 Å². The maximum atomic E-state index is 13.0. The van der Waals surface area contributed by atoms with E-state index in [0.29, 0.717) is 24.7 Å². The minimum Gasteiger partial charge on any atom is -0.459 e. The molecule has 0 aliphatic heterocycles. The first-order valence-corrected chi connectivity index (χ1v) is 13.3. The molecule has 0 N–H and O–H groups in total. The molecule has 4 heteroatoms. The van der Waals surface area contributed by atoms with Gasteiger partial charge in [0.25, 0.3) is 0 Å². The van der Waals surface area contributed by atoms with Crippen LogP contribution in [0.5, 0.6) is 0 Å². The molecule has 2 unspecified atom stereocenters. The summed E-state index contributed by atoms with van der Waals surface area (Å²) in [6.45, 7) is 6.55. The van der Waals surface area contributed by atoms with E-state index in [1.807, 2.05) is 13.8 Å². The highest BCUT2D eigenvalue weighted by atomic mass is 16.7. The van der Waals surface area contributed by atoms with E-state index in [2.05, 4.69) is 6.92 Å². The molecule has 174 valence electrons. The molecule has 31 heavy (non-hydrogen) atoms. The van der Waals surface area contributed by atoms with Crippen LogP contribution in [-0.4, -0.2) is 30.1 Å².